The van der Waals surface area contributed by atoms with Crippen molar-refractivity contribution in [3.8, 4) is 0 Å². The van der Waals surface area contributed by atoms with Gasteiger partial charge in [0.1, 0.15) is 0 Å². The number of nitrogens with zero attached hydrogens (tertiary/aromatic N) is 1. The van der Waals surface area contributed by atoms with E-state index in [-0.39, 0.29) is 5.11 Å². The molecular formula is C14H12BrN3S. The Labute approximate surface area is 125 Å². The highest BCUT2D eigenvalue weighted by atomic mass is 79.9. The van der Waals surface area contributed by atoms with Gasteiger partial charge >= 0.3 is 0 Å². The van der Waals surface area contributed by atoms with E-state index in [1.165, 1.54) is 0 Å². The van der Waals surface area contributed by atoms with E-state index in [0.717, 1.165) is 21.3 Å². The fourth-order valence-electron chi connectivity index (χ4n) is 1.61. The number of benzene rings is 2. The van der Waals surface area contributed by atoms with Gasteiger partial charge in [-0.25, -0.2) is 0 Å². The third-order valence-corrected chi connectivity index (χ3v) is 3.06. The van der Waals surface area contributed by atoms with Crippen LogP contribution in [0.3, 0.4) is 0 Å². The molecule has 2 rings (SSSR count). The molecule has 0 amide bonds. The third-order valence-electron chi connectivity index (χ3n) is 2.44. The number of hydrogen-bond donors (Lipinski definition) is 2. The number of halogens is 1. The van der Waals surface area contributed by atoms with Crippen molar-refractivity contribution in [1.29, 1.82) is 0 Å². The fourth-order valence-corrected chi connectivity index (χ4v) is 1.92. The van der Waals surface area contributed by atoms with Gasteiger partial charge in [0.15, 0.2) is 5.11 Å². The summed E-state index contributed by atoms with van der Waals surface area (Å²) < 4.78 is 1.02. The summed E-state index contributed by atoms with van der Waals surface area (Å²) in [4.78, 5) is 0. The number of nitrogens with one attached hydrogen (secondary N) is 1. The summed E-state index contributed by atoms with van der Waals surface area (Å²) in [7, 11) is 0. The highest BCUT2D eigenvalue weighted by molar-refractivity contribution is 9.10. The molecule has 3 N–H and O–H groups in total. The van der Waals surface area contributed by atoms with Gasteiger partial charge < -0.3 is 5.73 Å². The van der Waals surface area contributed by atoms with E-state index in [1.807, 2.05) is 54.6 Å². The Hall–Kier alpha value is -1.72. The lowest BCUT2D eigenvalue weighted by molar-refractivity contribution is 1.03. The van der Waals surface area contributed by atoms with Crippen LogP contribution in [-0.2, 0) is 0 Å². The second-order valence-electron chi connectivity index (χ2n) is 3.81. The van der Waals surface area contributed by atoms with Gasteiger partial charge in [-0.2, -0.15) is 5.10 Å². The molecule has 0 saturated carbocycles. The highest BCUT2D eigenvalue weighted by Crippen LogP contribution is 2.15. The molecule has 0 heterocycles. The summed E-state index contributed by atoms with van der Waals surface area (Å²) in [6, 6.07) is 17.8. The zero-order valence-electron chi connectivity index (χ0n) is 10.0. The minimum absolute atomic E-state index is 0.144. The molecule has 2 aromatic carbocycles. The van der Waals surface area contributed by atoms with Crippen molar-refractivity contribution in [1.82, 2.24) is 5.43 Å². The third kappa shape index (κ3) is 3.87. The van der Waals surface area contributed by atoms with Crippen LogP contribution < -0.4 is 11.2 Å². The first-order chi connectivity index (χ1) is 9.16. The van der Waals surface area contributed by atoms with Crippen LogP contribution in [0, 0.1) is 0 Å². The minimum atomic E-state index is 0.144. The zero-order chi connectivity index (χ0) is 13.7. The molecule has 0 saturated heterocycles. The highest BCUT2D eigenvalue weighted by Gasteiger charge is 2.06. The molecule has 0 fully saturated rings. The summed E-state index contributed by atoms with van der Waals surface area (Å²) >= 11 is 8.20. The van der Waals surface area contributed by atoms with Gasteiger partial charge in [0.05, 0.1) is 5.71 Å². The van der Waals surface area contributed by atoms with Gasteiger partial charge in [-0.05, 0) is 24.4 Å². The van der Waals surface area contributed by atoms with Crippen LogP contribution >= 0.6 is 28.1 Å². The molecule has 0 aliphatic heterocycles. The molecule has 96 valence electrons. The van der Waals surface area contributed by atoms with Crippen molar-refractivity contribution < 1.29 is 0 Å². The maximum Gasteiger partial charge on any atom is 0.184 e. The second kappa shape index (κ2) is 6.45. The molecule has 0 aliphatic carbocycles. The van der Waals surface area contributed by atoms with Crippen LogP contribution in [0.15, 0.2) is 64.2 Å². The molecule has 0 aliphatic rings. The number of nitrogens with two attached hydrogens (primary N) is 1. The van der Waals surface area contributed by atoms with E-state index in [4.69, 9.17) is 18.0 Å². The maximum atomic E-state index is 5.43. The Kier molecular flexibility index (Phi) is 4.65. The minimum Gasteiger partial charge on any atom is -0.375 e. The van der Waals surface area contributed by atoms with Crippen molar-refractivity contribution in [2.24, 2.45) is 10.8 Å². The monoisotopic (exact) mass is 333 g/mol. The molecule has 0 spiro atoms. The lowest BCUT2D eigenvalue weighted by Gasteiger charge is -2.08. The Balaban J connectivity index is 2.43. The molecule has 0 bridgehead atoms. The number of hydrazone groups is 1. The molecule has 0 atom stereocenters. The van der Waals surface area contributed by atoms with Crippen molar-refractivity contribution in [3.05, 3.63) is 70.2 Å². The number of rotatable bonds is 3. The van der Waals surface area contributed by atoms with Crippen LogP contribution in [0.2, 0.25) is 0 Å². The van der Waals surface area contributed by atoms with Crippen LogP contribution in [-0.4, -0.2) is 10.8 Å². The van der Waals surface area contributed by atoms with Gasteiger partial charge in [0.25, 0.3) is 0 Å². The second-order valence-corrected chi connectivity index (χ2v) is 5.16. The summed E-state index contributed by atoms with van der Waals surface area (Å²) in [5, 5.41) is 4.42. The van der Waals surface area contributed by atoms with E-state index in [0.29, 0.717) is 0 Å². The fraction of sp³-hybridized carbons (Fsp3) is 0. The smallest absolute Gasteiger partial charge is 0.184 e. The molecule has 3 nitrogen and oxygen atoms in total. The standard InChI is InChI=1S/C14H12BrN3S/c15-12-8-6-11(7-9-12)13(17-18-14(16)19)10-4-2-1-3-5-10/h1-9H,(H3,16,18,19). The van der Waals surface area contributed by atoms with Crippen molar-refractivity contribution in [3.63, 3.8) is 0 Å². The SMILES string of the molecule is NC(=S)NN=C(c1ccccc1)c1ccc(Br)cc1. The van der Waals surface area contributed by atoms with Gasteiger partial charge in [-0.1, -0.05) is 58.4 Å². The predicted octanol–water partition coefficient (Wildman–Crippen LogP) is 3.03. The van der Waals surface area contributed by atoms with E-state index < -0.39 is 0 Å². The van der Waals surface area contributed by atoms with E-state index in [2.05, 4.69) is 26.5 Å². The lowest BCUT2D eigenvalue weighted by Crippen LogP contribution is -2.26. The first kappa shape index (κ1) is 13.7. The van der Waals surface area contributed by atoms with E-state index >= 15 is 0 Å². The number of hydrogen-bond acceptors (Lipinski definition) is 2. The van der Waals surface area contributed by atoms with Crippen LogP contribution in [0.25, 0.3) is 0 Å². The van der Waals surface area contributed by atoms with Crippen molar-refractivity contribution in [2.75, 3.05) is 0 Å². The predicted molar refractivity (Wildman–Crippen MR) is 86.1 cm³/mol. The zero-order valence-corrected chi connectivity index (χ0v) is 12.4. The summed E-state index contributed by atoms with van der Waals surface area (Å²) in [5.74, 6) is 0. The first-order valence-corrected chi connectivity index (χ1v) is 6.81. The van der Waals surface area contributed by atoms with E-state index in [9.17, 15) is 0 Å². The van der Waals surface area contributed by atoms with E-state index in [1.54, 1.807) is 0 Å². The van der Waals surface area contributed by atoms with Gasteiger partial charge in [0, 0.05) is 15.6 Å². The van der Waals surface area contributed by atoms with Crippen LogP contribution in [0.4, 0.5) is 0 Å². The Morgan fingerprint density at radius 2 is 1.58 bits per heavy atom. The quantitative estimate of drug-likeness (QED) is 0.515. The first-order valence-electron chi connectivity index (χ1n) is 5.61. The van der Waals surface area contributed by atoms with Gasteiger partial charge in [-0.3, -0.25) is 5.43 Å². The van der Waals surface area contributed by atoms with Crippen LogP contribution in [0.5, 0.6) is 0 Å². The molecule has 0 radical (unpaired) electrons. The molecule has 5 heteroatoms. The van der Waals surface area contributed by atoms with Gasteiger partial charge in [-0.15, -0.1) is 0 Å². The summed E-state index contributed by atoms with van der Waals surface area (Å²) in [6.45, 7) is 0. The van der Waals surface area contributed by atoms with Crippen molar-refractivity contribution >= 4 is 39.0 Å². The maximum absolute atomic E-state index is 5.43. The normalized spacial score (nSPS) is 11.1. The largest absolute Gasteiger partial charge is 0.375 e. The topological polar surface area (TPSA) is 50.4 Å². The molecule has 0 unspecified atom stereocenters. The average Bonchev–Trinajstić information content (AvgIpc) is 2.42. The Morgan fingerprint density at radius 1 is 1.00 bits per heavy atom. The molecular weight excluding hydrogens is 322 g/mol. The lowest BCUT2D eigenvalue weighted by atomic mass is 10.0. The molecule has 19 heavy (non-hydrogen) atoms. The Morgan fingerprint density at radius 3 is 2.16 bits per heavy atom. The average molecular weight is 334 g/mol. The molecule has 0 aromatic heterocycles. The summed E-state index contributed by atoms with van der Waals surface area (Å²) in [6.07, 6.45) is 0. The van der Waals surface area contributed by atoms with Crippen molar-refractivity contribution in [2.45, 2.75) is 0 Å². The number of thiocarbonyl (C=S) groups is 1. The molecule has 2 aromatic rings. The van der Waals surface area contributed by atoms with Gasteiger partial charge in [0.2, 0.25) is 0 Å². The van der Waals surface area contributed by atoms with Crippen LogP contribution in [0.1, 0.15) is 11.1 Å². The summed E-state index contributed by atoms with van der Waals surface area (Å²) in [5.41, 5.74) is 10.8. The Bertz CT molecular complexity index is 594.